The van der Waals surface area contributed by atoms with Crippen molar-refractivity contribution < 1.29 is 9.13 Å². The third-order valence-corrected chi connectivity index (χ3v) is 5.21. The van der Waals surface area contributed by atoms with Crippen molar-refractivity contribution in [3.05, 3.63) is 66.0 Å². The summed E-state index contributed by atoms with van der Waals surface area (Å²) in [5.41, 5.74) is 0.883. The maximum Gasteiger partial charge on any atom is 0.134 e. The predicted octanol–water partition coefficient (Wildman–Crippen LogP) is 6.78. The first-order valence-electron chi connectivity index (χ1n) is 9.32. The van der Waals surface area contributed by atoms with E-state index in [0.29, 0.717) is 23.8 Å². The van der Waals surface area contributed by atoms with Crippen LogP contribution in [0.3, 0.4) is 0 Å². The fourth-order valence-corrected chi connectivity index (χ4v) is 3.83. The van der Waals surface area contributed by atoms with Crippen LogP contribution >= 0.6 is 0 Å². The lowest BCUT2D eigenvalue weighted by Gasteiger charge is -2.27. The maximum absolute atomic E-state index is 15.1. The Kier molecular flexibility index (Phi) is 5.91. The van der Waals surface area contributed by atoms with Crippen LogP contribution in [0, 0.1) is 11.7 Å². The molecule has 0 unspecified atom stereocenters. The van der Waals surface area contributed by atoms with E-state index < -0.39 is 0 Å². The molecule has 0 N–H and O–H groups in total. The van der Waals surface area contributed by atoms with Crippen molar-refractivity contribution >= 4 is 10.8 Å². The Balaban J connectivity index is 1.79. The molecule has 2 aromatic rings. The van der Waals surface area contributed by atoms with Gasteiger partial charge in [-0.2, -0.15) is 0 Å². The molecule has 0 aliphatic heterocycles. The van der Waals surface area contributed by atoms with E-state index in [1.165, 1.54) is 0 Å². The lowest BCUT2D eigenvalue weighted by Crippen LogP contribution is -2.13. The molecule has 0 saturated heterocycles. The average Bonchev–Trinajstić information content (AvgIpc) is 2.63. The zero-order chi connectivity index (χ0) is 17.6. The minimum atomic E-state index is -0.0491. The highest BCUT2D eigenvalue weighted by atomic mass is 19.1. The van der Waals surface area contributed by atoms with Crippen LogP contribution < -0.4 is 4.74 Å². The first kappa shape index (κ1) is 17.7. The number of ether oxygens (including phenoxy) is 1. The molecule has 1 saturated carbocycles. The average molecular weight is 338 g/mol. The Morgan fingerprint density at radius 1 is 1.04 bits per heavy atom. The summed E-state index contributed by atoms with van der Waals surface area (Å²) >= 11 is 0. The monoisotopic (exact) mass is 338 g/mol. The van der Waals surface area contributed by atoms with Gasteiger partial charge in [0.25, 0.3) is 0 Å². The standard InChI is InChI=1S/C23H27FO/c1-3-5-15-25-20-12-14-22-19(16-20)11-13-21(23(22)24)18-9-7-17(6-4-2)8-10-18/h3-6,11-14,16-18H,7-10,15H2,1-2H3/b5-3+,6-4+. The van der Waals surface area contributed by atoms with Crippen LogP contribution in [0.15, 0.2) is 54.6 Å². The van der Waals surface area contributed by atoms with E-state index in [-0.39, 0.29) is 5.82 Å². The molecule has 0 amide bonds. The minimum Gasteiger partial charge on any atom is -0.490 e. The third-order valence-electron chi connectivity index (χ3n) is 5.21. The van der Waals surface area contributed by atoms with Crippen molar-refractivity contribution in [1.82, 2.24) is 0 Å². The van der Waals surface area contributed by atoms with E-state index in [1.807, 2.05) is 49.4 Å². The number of fused-ring (bicyclic) bond motifs is 1. The Morgan fingerprint density at radius 2 is 1.84 bits per heavy atom. The number of halogens is 1. The maximum atomic E-state index is 15.1. The summed E-state index contributed by atoms with van der Waals surface area (Å²) in [6.07, 6.45) is 12.8. The molecule has 0 atom stereocenters. The Hall–Kier alpha value is -2.09. The Labute approximate surface area is 150 Å². The second-order valence-electron chi connectivity index (χ2n) is 6.87. The van der Waals surface area contributed by atoms with E-state index in [4.69, 9.17) is 4.74 Å². The van der Waals surface area contributed by atoms with Crippen LogP contribution in [0.4, 0.5) is 4.39 Å². The fraction of sp³-hybridized carbons (Fsp3) is 0.391. The molecule has 0 bridgehead atoms. The van der Waals surface area contributed by atoms with Gasteiger partial charge < -0.3 is 4.74 Å². The highest BCUT2D eigenvalue weighted by Crippen LogP contribution is 2.39. The van der Waals surface area contributed by atoms with Crippen molar-refractivity contribution in [2.45, 2.75) is 45.4 Å². The topological polar surface area (TPSA) is 9.23 Å². The number of benzene rings is 2. The molecular weight excluding hydrogens is 311 g/mol. The van der Waals surface area contributed by atoms with Gasteiger partial charge >= 0.3 is 0 Å². The minimum absolute atomic E-state index is 0.0491. The number of hydrogen-bond donors (Lipinski definition) is 0. The predicted molar refractivity (Wildman–Crippen MR) is 104 cm³/mol. The molecule has 1 fully saturated rings. The summed E-state index contributed by atoms with van der Waals surface area (Å²) in [5, 5.41) is 1.60. The normalized spacial score (nSPS) is 21.4. The van der Waals surface area contributed by atoms with Crippen molar-refractivity contribution in [2.24, 2.45) is 5.92 Å². The van der Waals surface area contributed by atoms with Gasteiger partial charge in [-0.25, -0.2) is 4.39 Å². The van der Waals surface area contributed by atoms with Gasteiger partial charge in [0.1, 0.15) is 18.2 Å². The van der Waals surface area contributed by atoms with E-state index >= 15 is 4.39 Å². The highest BCUT2D eigenvalue weighted by molar-refractivity contribution is 5.85. The lowest BCUT2D eigenvalue weighted by atomic mass is 9.78. The molecule has 0 spiro atoms. The van der Waals surface area contributed by atoms with Crippen LogP contribution in [0.5, 0.6) is 5.75 Å². The van der Waals surface area contributed by atoms with Crippen LogP contribution in [-0.4, -0.2) is 6.61 Å². The molecule has 0 heterocycles. The van der Waals surface area contributed by atoms with Gasteiger partial charge in [-0.15, -0.1) is 0 Å². The van der Waals surface area contributed by atoms with Crippen LogP contribution in [-0.2, 0) is 0 Å². The van der Waals surface area contributed by atoms with Crippen molar-refractivity contribution in [2.75, 3.05) is 6.61 Å². The summed E-state index contributed by atoms with van der Waals surface area (Å²) in [7, 11) is 0. The molecule has 2 heteroatoms. The van der Waals surface area contributed by atoms with Gasteiger partial charge in [-0.05, 0) is 80.5 Å². The largest absolute Gasteiger partial charge is 0.490 e. The molecular formula is C23H27FO. The number of allylic oxidation sites excluding steroid dienone is 3. The molecule has 3 rings (SSSR count). The smallest absolute Gasteiger partial charge is 0.134 e. The van der Waals surface area contributed by atoms with Crippen LogP contribution in [0.1, 0.15) is 51.0 Å². The van der Waals surface area contributed by atoms with Gasteiger partial charge in [-0.3, -0.25) is 0 Å². The van der Waals surface area contributed by atoms with Gasteiger partial charge in [0.05, 0.1) is 0 Å². The van der Waals surface area contributed by atoms with Crippen LogP contribution in [0.2, 0.25) is 0 Å². The van der Waals surface area contributed by atoms with Crippen LogP contribution in [0.25, 0.3) is 10.8 Å². The van der Waals surface area contributed by atoms with E-state index in [0.717, 1.165) is 42.4 Å². The van der Waals surface area contributed by atoms with Gasteiger partial charge in [0, 0.05) is 5.39 Å². The van der Waals surface area contributed by atoms with E-state index in [9.17, 15) is 0 Å². The molecule has 0 aromatic heterocycles. The number of rotatable bonds is 5. The fourth-order valence-electron chi connectivity index (χ4n) is 3.83. The summed E-state index contributed by atoms with van der Waals surface area (Å²) in [4.78, 5) is 0. The second kappa shape index (κ2) is 8.33. The summed E-state index contributed by atoms with van der Waals surface area (Å²) in [6.45, 7) is 4.58. The molecule has 2 aromatic carbocycles. The zero-order valence-corrected chi connectivity index (χ0v) is 15.2. The summed E-state index contributed by atoms with van der Waals surface area (Å²) < 4.78 is 20.7. The van der Waals surface area contributed by atoms with Gasteiger partial charge in [0.2, 0.25) is 0 Å². The molecule has 132 valence electrons. The molecule has 1 aliphatic carbocycles. The molecule has 0 radical (unpaired) electrons. The summed E-state index contributed by atoms with van der Waals surface area (Å²) in [6, 6.07) is 9.66. The van der Waals surface area contributed by atoms with E-state index in [2.05, 4.69) is 19.1 Å². The molecule has 25 heavy (non-hydrogen) atoms. The zero-order valence-electron chi connectivity index (χ0n) is 15.2. The molecule has 1 nitrogen and oxygen atoms in total. The summed E-state index contributed by atoms with van der Waals surface area (Å²) in [5.74, 6) is 1.75. The van der Waals surface area contributed by atoms with Crippen molar-refractivity contribution in [3.8, 4) is 5.75 Å². The first-order valence-corrected chi connectivity index (χ1v) is 9.32. The quantitative estimate of drug-likeness (QED) is 0.546. The Morgan fingerprint density at radius 3 is 2.56 bits per heavy atom. The lowest BCUT2D eigenvalue weighted by molar-refractivity contribution is 0.363. The van der Waals surface area contributed by atoms with Gasteiger partial charge in [-0.1, -0.05) is 36.4 Å². The van der Waals surface area contributed by atoms with Crippen molar-refractivity contribution in [1.29, 1.82) is 0 Å². The third kappa shape index (κ3) is 4.12. The first-order chi connectivity index (χ1) is 12.2. The molecule has 1 aliphatic rings. The Bertz CT molecular complexity index is 767. The highest BCUT2D eigenvalue weighted by Gasteiger charge is 2.23. The van der Waals surface area contributed by atoms with Gasteiger partial charge in [0.15, 0.2) is 0 Å². The van der Waals surface area contributed by atoms with E-state index in [1.54, 1.807) is 0 Å². The number of hydrogen-bond acceptors (Lipinski definition) is 1. The van der Waals surface area contributed by atoms with Crippen molar-refractivity contribution in [3.63, 3.8) is 0 Å². The second-order valence-corrected chi connectivity index (χ2v) is 6.87. The SMILES string of the molecule is C/C=C/COc1ccc2c(F)c(C3CCC(/C=C/C)CC3)ccc2c1.